The standard InChI is InChI=1S/C16H20FN.C16H18FN.V/c2*1-2-14-16(11-6-4-3-5-7-11)13-10-12(17)8-9-15(13)18-14;/h8-11,18H,2-7H2,1H3;6,8-10,18H,2-5,7H2,1H3;. The summed E-state index contributed by atoms with van der Waals surface area (Å²) in [6, 6.07) is 10.2. The van der Waals surface area contributed by atoms with Gasteiger partial charge in [0.1, 0.15) is 11.6 Å². The summed E-state index contributed by atoms with van der Waals surface area (Å²) in [5.74, 6) is 0.354. The fourth-order valence-electron chi connectivity index (χ4n) is 6.29. The number of nitrogens with one attached hydrogen (secondary N) is 2. The van der Waals surface area contributed by atoms with Gasteiger partial charge in [0.15, 0.2) is 0 Å². The molecule has 2 nitrogen and oxygen atoms in total. The molecule has 0 bridgehead atoms. The van der Waals surface area contributed by atoms with Crippen LogP contribution in [0.1, 0.15) is 100 Å². The molecule has 2 aliphatic carbocycles. The molecule has 0 amide bonds. The number of benzene rings is 2. The molecule has 195 valence electrons. The van der Waals surface area contributed by atoms with Crippen LogP contribution in [0.3, 0.4) is 0 Å². The summed E-state index contributed by atoms with van der Waals surface area (Å²) >= 11 is 0. The summed E-state index contributed by atoms with van der Waals surface area (Å²) in [7, 11) is 0. The zero-order valence-corrected chi connectivity index (χ0v) is 23.5. The molecule has 1 fully saturated rings. The van der Waals surface area contributed by atoms with Gasteiger partial charge in [-0.25, -0.2) is 8.78 Å². The second-order valence-corrected chi connectivity index (χ2v) is 10.4. The van der Waals surface area contributed by atoms with Gasteiger partial charge in [-0.05, 0) is 105 Å². The van der Waals surface area contributed by atoms with Crippen LogP contribution in [0.5, 0.6) is 0 Å². The SMILES string of the molecule is CCc1[nH]c2ccc(F)cc2c1C1=CCCCC1.CCc1[nH]c2ccc(F)cc2c1C1CCCCC1.[V]. The maximum Gasteiger partial charge on any atom is 0.123 e. The van der Waals surface area contributed by atoms with Gasteiger partial charge in [-0.15, -0.1) is 0 Å². The van der Waals surface area contributed by atoms with E-state index < -0.39 is 0 Å². The molecule has 0 saturated heterocycles. The first-order valence-electron chi connectivity index (χ1n) is 13.9. The predicted molar refractivity (Wildman–Crippen MR) is 148 cm³/mol. The van der Waals surface area contributed by atoms with Crippen molar-refractivity contribution in [3.63, 3.8) is 0 Å². The van der Waals surface area contributed by atoms with Crippen molar-refractivity contribution in [2.75, 3.05) is 0 Å². The van der Waals surface area contributed by atoms with Crippen molar-refractivity contribution in [3.05, 3.63) is 76.6 Å². The third kappa shape index (κ3) is 5.91. The molecule has 37 heavy (non-hydrogen) atoms. The molecule has 1 radical (unpaired) electrons. The molecule has 2 heterocycles. The van der Waals surface area contributed by atoms with E-state index in [0.717, 1.165) is 47.5 Å². The number of aromatic amines is 2. The molecular formula is C32H38F2N2V. The van der Waals surface area contributed by atoms with Crippen molar-refractivity contribution in [2.45, 2.75) is 90.4 Å². The van der Waals surface area contributed by atoms with Gasteiger partial charge in [-0.3, -0.25) is 0 Å². The van der Waals surface area contributed by atoms with Crippen LogP contribution in [0.25, 0.3) is 27.4 Å². The Labute approximate surface area is 231 Å². The molecule has 5 heteroatoms. The molecular weight excluding hydrogens is 501 g/mol. The third-order valence-corrected chi connectivity index (χ3v) is 8.05. The van der Waals surface area contributed by atoms with Gasteiger partial charge in [-0.1, -0.05) is 39.2 Å². The van der Waals surface area contributed by atoms with E-state index in [4.69, 9.17) is 0 Å². The van der Waals surface area contributed by atoms with Crippen LogP contribution in [0.2, 0.25) is 0 Å². The van der Waals surface area contributed by atoms with Gasteiger partial charge in [0.05, 0.1) is 0 Å². The van der Waals surface area contributed by atoms with E-state index >= 15 is 0 Å². The van der Waals surface area contributed by atoms with E-state index in [2.05, 4.69) is 29.9 Å². The number of hydrogen-bond donors (Lipinski definition) is 2. The minimum atomic E-state index is -0.151. The van der Waals surface area contributed by atoms with Gasteiger partial charge in [-0.2, -0.15) is 0 Å². The molecule has 6 rings (SSSR count). The summed E-state index contributed by atoms with van der Waals surface area (Å²) in [6.07, 6.45) is 15.6. The summed E-state index contributed by atoms with van der Waals surface area (Å²) in [5, 5.41) is 2.15. The van der Waals surface area contributed by atoms with Gasteiger partial charge >= 0.3 is 0 Å². The smallest absolute Gasteiger partial charge is 0.123 e. The molecule has 2 aromatic carbocycles. The quantitative estimate of drug-likeness (QED) is 0.259. The van der Waals surface area contributed by atoms with E-state index in [1.54, 1.807) is 18.2 Å². The van der Waals surface area contributed by atoms with Crippen molar-refractivity contribution < 1.29 is 27.3 Å². The first-order valence-corrected chi connectivity index (χ1v) is 13.9. The molecule has 4 aromatic rings. The Balaban J connectivity index is 0.000000168. The van der Waals surface area contributed by atoms with E-state index in [9.17, 15) is 8.78 Å². The van der Waals surface area contributed by atoms with E-state index in [1.165, 1.54) is 79.1 Å². The average Bonchev–Trinajstić information content (AvgIpc) is 3.47. The first kappa shape index (κ1) is 27.7. The van der Waals surface area contributed by atoms with Gasteiger partial charge < -0.3 is 9.97 Å². The van der Waals surface area contributed by atoms with Crippen LogP contribution in [0.15, 0.2) is 42.5 Å². The fraction of sp³-hybridized carbons (Fsp3) is 0.438. The second kappa shape index (κ2) is 12.5. The van der Waals surface area contributed by atoms with Crippen LogP contribution in [-0.2, 0) is 31.4 Å². The van der Waals surface area contributed by atoms with E-state index in [0.29, 0.717) is 5.92 Å². The summed E-state index contributed by atoms with van der Waals surface area (Å²) in [6.45, 7) is 4.32. The monoisotopic (exact) mass is 539 g/mol. The maximum absolute atomic E-state index is 13.5. The summed E-state index contributed by atoms with van der Waals surface area (Å²) in [5.41, 5.74) is 8.74. The zero-order valence-electron chi connectivity index (χ0n) is 22.1. The number of aryl methyl sites for hydroxylation is 2. The number of halogens is 2. The van der Waals surface area contributed by atoms with Crippen LogP contribution in [0, 0.1) is 11.6 Å². The minimum Gasteiger partial charge on any atom is -0.358 e. The zero-order chi connectivity index (χ0) is 25.1. The fourth-order valence-corrected chi connectivity index (χ4v) is 6.29. The largest absolute Gasteiger partial charge is 0.358 e. The topological polar surface area (TPSA) is 31.6 Å². The molecule has 2 aliphatic rings. The number of hydrogen-bond acceptors (Lipinski definition) is 0. The average molecular weight is 540 g/mol. The van der Waals surface area contributed by atoms with Crippen molar-refractivity contribution >= 4 is 27.4 Å². The van der Waals surface area contributed by atoms with Crippen molar-refractivity contribution in [2.24, 2.45) is 0 Å². The van der Waals surface area contributed by atoms with Gasteiger partial charge in [0, 0.05) is 57.3 Å². The number of rotatable bonds is 4. The van der Waals surface area contributed by atoms with Crippen LogP contribution in [-0.4, -0.2) is 9.97 Å². The summed E-state index contributed by atoms with van der Waals surface area (Å²) in [4.78, 5) is 6.90. The van der Waals surface area contributed by atoms with Crippen molar-refractivity contribution in [1.82, 2.24) is 9.97 Å². The number of H-pyrrole nitrogens is 2. The molecule has 0 unspecified atom stereocenters. The number of fused-ring (bicyclic) bond motifs is 2. The first-order chi connectivity index (χ1) is 17.6. The molecule has 0 spiro atoms. The van der Waals surface area contributed by atoms with E-state index in [-0.39, 0.29) is 30.2 Å². The van der Waals surface area contributed by atoms with E-state index in [1.807, 2.05) is 12.1 Å². The van der Waals surface area contributed by atoms with Crippen molar-refractivity contribution in [1.29, 1.82) is 0 Å². The Morgan fingerprint density at radius 1 is 0.757 bits per heavy atom. The Morgan fingerprint density at radius 2 is 1.38 bits per heavy atom. The Morgan fingerprint density at radius 3 is 2.00 bits per heavy atom. The Bertz CT molecular complexity index is 1370. The number of allylic oxidation sites excluding steroid dienone is 2. The van der Waals surface area contributed by atoms with Gasteiger partial charge in [0.2, 0.25) is 0 Å². The number of aromatic nitrogens is 2. The summed E-state index contributed by atoms with van der Waals surface area (Å²) < 4.78 is 26.9. The molecule has 2 aromatic heterocycles. The molecule has 0 aliphatic heterocycles. The third-order valence-electron chi connectivity index (χ3n) is 8.05. The second-order valence-electron chi connectivity index (χ2n) is 10.4. The van der Waals surface area contributed by atoms with Crippen LogP contribution < -0.4 is 0 Å². The van der Waals surface area contributed by atoms with Crippen molar-refractivity contribution in [3.8, 4) is 0 Å². The molecule has 0 atom stereocenters. The van der Waals surface area contributed by atoms with Crippen LogP contribution in [0.4, 0.5) is 8.78 Å². The maximum atomic E-state index is 13.5. The minimum absolute atomic E-state index is 0. The predicted octanol–water partition coefficient (Wildman–Crippen LogP) is 9.74. The molecule has 1 saturated carbocycles. The molecule has 2 N–H and O–H groups in total. The van der Waals surface area contributed by atoms with Crippen LogP contribution >= 0.6 is 0 Å². The Kier molecular flexibility index (Phi) is 9.37. The van der Waals surface area contributed by atoms with Gasteiger partial charge in [0.25, 0.3) is 0 Å². The normalized spacial score (nSPS) is 16.3. The Hall–Kier alpha value is -2.30.